The first kappa shape index (κ1) is 20.6. The van der Waals surface area contributed by atoms with Crippen LogP contribution in [0.4, 0.5) is 5.69 Å². The Hall–Kier alpha value is -3.12. The van der Waals surface area contributed by atoms with Gasteiger partial charge in [0.2, 0.25) is 0 Å². The number of hydrogen-bond acceptors (Lipinski definition) is 5. The molecule has 0 saturated heterocycles. The molecule has 0 saturated carbocycles. The van der Waals surface area contributed by atoms with Gasteiger partial charge in [0.05, 0.1) is 25.3 Å². The highest BCUT2D eigenvalue weighted by atomic mass is 16.5. The summed E-state index contributed by atoms with van der Waals surface area (Å²) < 4.78 is 10.6. The molecule has 0 spiro atoms. The number of anilines is 1. The first-order chi connectivity index (χ1) is 13.9. The summed E-state index contributed by atoms with van der Waals surface area (Å²) in [5, 5.41) is 3.19. The monoisotopic (exact) mass is 394 g/mol. The third-order valence-corrected chi connectivity index (χ3v) is 4.63. The maximum Gasteiger partial charge on any atom is 0.278 e. The minimum atomic E-state index is -0.352. The molecule has 1 heterocycles. The van der Waals surface area contributed by atoms with E-state index in [1.54, 1.807) is 31.4 Å². The topological polar surface area (TPSA) is 67.9 Å². The maximum atomic E-state index is 13.1. The van der Waals surface area contributed by atoms with Crippen molar-refractivity contribution in [1.29, 1.82) is 0 Å². The van der Waals surface area contributed by atoms with Crippen LogP contribution < -0.4 is 10.1 Å². The van der Waals surface area contributed by atoms with E-state index in [-0.39, 0.29) is 30.7 Å². The average Bonchev–Trinajstić information content (AvgIpc) is 2.90. The van der Waals surface area contributed by atoms with Crippen molar-refractivity contribution in [3.8, 4) is 5.75 Å². The van der Waals surface area contributed by atoms with E-state index in [1.807, 2.05) is 32.9 Å². The molecule has 152 valence electrons. The van der Waals surface area contributed by atoms with Crippen LogP contribution in [0.2, 0.25) is 0 Å². The molecule has 0 radical (unpaired) electrons. The van der Waals surface area contributed by atoms with Crippen LogP contribution in [-0.2, 0) is 14.3 Å². The van der Waals surface area contributed by atoms with E-state index in [4.69, 9.17) is 9.47 Å². The lowest BCUT2D eigenvalue weighted by Gasteiger charge is -2.14. The molecule has 0 fully saturated rings. The Kier molecular flexibility index (Phi) is 6.34. The van der Waals surface area contributed by atoms with E-state index in [0.717, 1.165) is 16.8 Å². The quantitative estimate of drug-likeness (QED) is 0.694. The van der Waals surface area contributed by atoms with Crippen LogP contribution in [-0.4, -0.2) is 43.6 Å². The van der Waals surface area contributed by atoms with Gasteiger partial charge >= 0.3 is 0 Å². The van der Waals surface area contributed by atoms with Gasteiger partial charge in [-0.1, -0.05) is 18.2 Å². The molecule has 2 amide bonds. The van der Waals surface area contributed by atoms with Crippen LogP contribution in [0.5, 0.6) is 5.75 Å². The first-order valence-electron chi connectivity index (χ1n) is 9.62. The van der Waals surface area contributed by atoms with E-state index >= 15 is 0 Å². The minimum Gasteiger partial charge on any atom is -0.494 e. The van der Waals surface area contributed by atoms with E-state index < -0.39 is 0 Å². The van der Waals surface area contributed by atoms with Crippen molar-refractivity contribution < 1.29 is 19.1 Å². The Bertz CT molecular complexity index is 928. The van der Waals surface area contributed by atoms with Crippen molar-refractivity contribution >= 4 is 23.1 Å². The second-order valence-corrected chi connectivity index (χ2v) is 6.96. The van der Waals surface area contributed by atoms with Crippen LogP contribution in [0.25, 0.3) is 5.57 Å². The lowest BCUT2D eigenvalue weighted by atomic mass is 10.0. The predicted octanol–water partition coefficient (Wildman–Crippen LogP) is 3.54. The van der Waals surface area contributed by atoms with Crippen LogP contribution in [0, 0.1) is 13.8 Å². The Morgan fingerprint density at radius 3 is 2.21 bits per heavy atom. The molecule has 0 aliphatic carbocycles. The van der Waals surface area contributed by atoms with Crippen molar-refractivity contribution in [2.75, 3.05) is 32.2 Å². The van der Waals surface area contributed by atoms with Gasteiger partial charge < -0.3 is 14.8 Å². The number of nitrogens with one attached hydrogen (secondary N) is 1. The summed E-state index contributed by atoms with van der Waals surface area (Å²) in [5.74, 6) is 0.0341. The number of aryl methyl sites for hydroxylation is 2. The first-order valence-corrected chi connectivity index (χ1v) is 9.62. The van der Waals surface area contributed by atoms with Gasteiger partial charge in [0.25, 0.3) is 11.8 Å². The van der Waals surface area contributed by atoms with E-state index in [0.29, 0.717) is 23.5 Å². The average molecular weight is 394 g/mol. The van der Waals surface area contributed by atoms with Crippen LogP contribution in [0.1, 0.15) is 23.6 Å². The standard InChI is InChI=1S/C23H26N2O4/c1-5-29-19-8-6-17(7-9-19)20-21(23(27)25(22(20)26)10-11-28-4)24-18-13-15(2)12-16(3)14-18/h6-9,12-14,24H,5,10-11H2,1-4H3. The largest absolute Gasteiger partial charge is 0.494 e. The number of rotatable bonds is 8. The van der Waals surface area contributed by atoms with Gasteiger partial charge in [-0.2, -0.15) is 0 Å². The Labute approximate surface area is 171 Å². The highest BCUT2D eigenvalue weighted by Gasteiger charge is 2.39. The second-order valence-electron chi connectivity index (χ2n) is 6.96. The highest BCUT2D eigenvalue weighted by Crippen LogP contribution is 2.31. The molecule has 0 bridgehead atoms. The molecular weight excluding hydrogens is 368 g/mol. The third kappa shape index (κ3) is 4.49. The fourth-order valence-corrected chi connectivity index (χ4v) is 3.42. The number of ether oxygens (including phenoxy) is 2. The van der Waals surface area contributed by atoms with Gasteiger partial charge in [-0.25, -0.2) is 0 Å². The molecule has 0 aromatic heterocycles. The molecule has 2 aromatic carbocycles. The second kappa shape index (κ2) is 8.92. The molecule has 1 aliphatic rings. The zero-order valence-electron chi connectivity index (χ0n) is 17.2. The molecule has 2 aromatic rings. The normalized spacial score (nSPS) is 14.0. The van der Waals surface area contributed by atoms with Crippen LogP contribution in [0.3, 0.4) is 0 Å². The van der Waals surface area contributed by atoms with Crippen molar-refractivity contribution in [1.82, 2.24) is 4.90 Å². The van der Waals surface area contributed by atoms with Crippen LogP contribution >= 0.6 is 0 Å². The van der Waals surface area contributed by atoms with Gasteiger partial charge in [-0.3, -0.25) is 14.5 Å². The van der Waals surface area contributed by atoms with Gasteiger partial charge in [0.15, 0.2) is 0 Å². The Morgan fingerprint density at radius 2 is 1.62 bits per heavy atom. The van der Waals surface area contributed by atoms with Crippen molar-refractivity contribution in [3.05, 3.63) is 64.9 Å². The zero-order valence-corrected chi connectivity index (χ0v) is 17.2. The summed E-state index contributed by atoms with van der Waals surface area (Å²) in [5.41, 5.74) is 4.22. The lowest BCUT2D eigenvalue weighted by Crippen LogP contribution is -2.35. The number of amides is 2. The predicted molar refractivity (Wildman–Crippen MR) is 113 cm³/mol. The summed E-state index contributed by atoms with van der Waals surface area (Å²) in [7, 11) is 1.54. The van der Waals surface area contributed by atoms with E-state index in [1.165, 1.54) is 4.90 Å². The number of carbonyl (C=O) groups excluding carboxylic acids is 2. The molecular formula is C23H26N2O4. The van der Waals surface area contributed by atoms with Gasteiger partial charge in [-0.15, -0.1) is 0 Å². The third-order valence-electron chi connectivity index (χ3n) is 4.63. The number of benzene rings is 2. The van der Waals surface area contributed by atoms with Crippen LogP contribution in [0.15, 0.2) is 48.2 Å². The summed E-state index contributed by atoms with van der Waals surface area (Å²) in [4.78, 5) is 27.4. The smallest absolute Gasteiger partial charge is 0.278 e. The molecule has 0 atom stereocenters. The van der Waals surface area contributed by atoms with E-state index in [2.05, 4.69) is 11.4 Å². The van der Waals surface area contributed by atoms with Crippen molar-refractivity contribution in [2.24, 2.45) is 0 Å². The van der Waals surface area contributed by atoms with Crippen molar-refractivity contribution in [3.63, 3.8) is 0 Å². The number of nitrogens with zero attached hydrogens (tertiary/aromatic N) is 1. The Morgan fingerprint density at radius 1 is 0.966 bits per heavy atom. The number of carbonyl (C=O) groups is 2. The molecule has 6 nitrogen and oxygen atoms in total. The SMILES string of the molecule is CCOc1ccc(C2=C(Nc3cc(C)cc(C)c3)C(=O)N(CCOC)C2=O)cc1. The Balaban J connectivity index is 2.02. The highest BCUT2D eigenvalue weighted by molar-refractivity contribution is 6.36. The van der Waals surface area contributed by atoms with E-state index in [9.17, 15) is 9.59 Å². The fraction of sp³-hybridized carbons (Fsp3) is 0.304. The maximum absolute atomic E-state index is 13.1. The lowest BCUT2D eigenvalue weighted by molar-refractivity contribution is -0.137. The van der Waals surface area contributed by atoms with Gasteiger partial charge in [0.1, 0.15) is 11.4 Å². The number of imide groups is 1. The summed E-state index contributed by atoms with van der Waals surface area (Å²) in [6.45, 7) is 6.94. The molecule has 1 aliphatic heterocycles. The molecule has 29 heavy (non-hydrogen) atoms. The minimum absolute atomic E-state index is 0.201. The summed E-state index contributed by atoms with van der Waals surface area (Å²) in [6, 6.07) is 13.2. The van der Waals surface area contributed by atoms with Gasteiger partial charge in [0, 0.05) is 12.8 Å². The number of methoxy groups -OCH3 is 1. The number of hydrogen-bond donors (Lipinski definition) is 1. The van der Waals surface area contributed by atoms with Gasteiger partial charge in [-0.05, 0) is 61.7 Å². The zero-order chi connectivity index (χ0) is 21.0. The summed E-state index contributed by atoms with van der Waals surface area (Å²) >= 11 is 0. The molecule has 0 unspecified atom stereocenters. The molecule has 3 rings (SSSR count). The fourth-order valence-electron chi connectivity index (χ4n) is 3.42. The molecule has 6 heteroatoms. The van der Waals surface area contributed by atoms with Crippen molar-refractivity contribution in [2.45, 2.75) is 20.8 Å². The summed E-state index contributed by atoms with van der Waals surface area (Å²) in [6.07, 6.45) is 0. The molecule has 1 N–H and O–H groups in total.